The van der Waals surface area contributed by atoms with Gasteiger partial charge in [-0.15, -0.1) is 0 Å². The number of halogens is 1. The molecule has 0 radical (unpaired) electrons. The van der Waals surface area contributed by atoms with E-state index in [4.69, 9.17) is 0 Å². The van der Waals surface area contributed by atoms with Crippen LogP contribution in [0.1, 0.15) is 15.9 Å². The second kappa shape index (κ2) is 4.36. The van der Waals surface area contributed by atoms with Gasteiger partial charge in [0, 0.05) is 18.2 Å². The van der Waals surface area contributed by atoms with Crippen LogP contribution in [0.2, 0.25) is 0 Å². The molecular formula is C14H11FN2O5. The van der Waals surface area contributed by atoms with E-state index in [9.17, 15) is 23.6 Å². The molecule has 1 spiro atoms. The summed E-state index contributed by atoms with van der Waals surface area (Å²) in [6.07, 6.45) is 0. The van der Waals surface area contributed by atoms with Crippen molar-refractivity contribution in [3.8, 4) is 0 Å². The zero-order valence-electron chi connectivity index (χ0n) is 11.7. The topological polar surface area (TPSA) is 92.8 Å². The van der Waals surface area contributed by atoms with Crippen LogP contribution in [0, 0.1) is 11.7 Å². The fraction of sp³-hybridized carbons (Fsp3) is 0.286. The van der Waals surface area contributed by atoms with Crippen molar-refractivity contribution in [1.82, 2.24) is 10.2 Å². The molecule has 22 heavy (non-hydrogen) atoms. The standard InChI is InChI=1S/C14H11FN2O5/c1-17-11(19)7-4-3-6(15)5-8(7)14(17)9(12(20)22-2)10(18)16-13(14)21/h3-5,9H,1-2H3,(H,16,18,21). The van der Waals surface area contributed by atoms with Crippen LogP contribution in [0.3, 0.4) is 0 Å². The van der Waals surface area contributed by atoms with E-state index < -0.39 is 41.0 Å². The maximum absolute atomic E-state index is 13.6. The Kier molecular flexibility index (Phi) is 2.81. The number of carbonyl (C=O) groups is 4. The van der Waals surface area contributed by atoms with Crippen molar-refractivity contribution in [1.29, 1.82) is 0 Å². The number of methoxy groups -OCH3 is 1. The Morgan fingerprint density at radius 3 is 2.68 bits per heavy atom. The summed E-state index contributed by atoms with van der Waals surface area (Å²) < 4.78 is 18.2. The number of esters is 1. The summed E-state index contributed by atoms with van der Waals surface area (Å²) in [6.45, 7) is 0. The first-order valence-electron chi connectivity index (χ1n) is 6.37. The van der Waals surface area contributed by atoms with Crippen molar-refractivity contribution in [2.24, 2.45) is 5.92 Å². The molecule has 3 amide bonds. The molecule has 0 bridgehead atoms. The average Bonchev–Trinajstić information content (AvgIpc) is 2.86. The molecule has 2 unspecified atom stereocenters. The minimum Gasteiger partial charge on any atom is -0.468 e. The molecular weight excluding hydrogens is 295 g/mol. The highest BCUT2D eigenvalue weighted by Gasteiger charge is 2.67. The largest absolute Gasteiger partial charge is 0.468 e. The predicted octanol–water partition coefficient (Wildman–Crippen LogP) is -0.448. The summed E-state index contributed by atoms with van der Waals surface area (Å²) >= 11 is 0. The third-order valence-corrected chi connectivity index (χ3v) is 4.16. The predicted molar refractivity (Wildman–Crippen MR) is 68.8 cm³/mol. The fourth-order valence-electron chi connectivity index (χ4n) is 3.16. The normalized spacial score (nSPS) is 26.4. The van der Waals surface area contributed by atoms with Gasteiger partial charge < -0.3 is 9.64 Å². The van der Waals surface area contributed by atoms with E-state index in [1.54, 1.807) is 0 Å². The van der Waals surface area contributed by atoms with Crippen molar-refractivity contribution in [3.63, 3.8) is 0 Å². The van der Waals surface area contributed by atoms with Gasteiger partial charge in [-0.3, -0.25) is 24.5 Å². The van der Waals surface area contributed by atoms with Crippen molar-refractivity contribution >= 4 is 23.7 Å². The highest BCUT2D eigenvalue weighted by Crippen LogP contribution is 2.47. The van der Waals surface area contributed by atoms with Crippen molar-refractivity contribution in [3.05, 3.63) is 35.1 Å². The monoisotopic (exact) mass is 306 g/mol. The first kappa shape index (κ1) is 14.2. The Bertz CT molecular complexity index is 747. The highest BCUT2D eigenvalue weighted by molar-refractivity contribution is 6.22. The lowest BCUT2D eigenvalue weighted by Crippen LogP contribution is -2.53. The van der Waals surface area contributed by atoms with Gasteiger partial charge in [0.25, 0.3) is 11.8 Å². The lowest BCUT2D eigenvalue weighted by atomic mass is 9.79. The van der Waals surface area contributed by atoms with Crippen LogP contribution in [0.5, 0.6) is 0 Å². The van der Waals surface area contributed by atoms with Crippen molar-refractivity contribution < 1.29 is 28.3 Å². The van der Waals surface area contributed by atoms with Gasteiger partial charge in [-0.1, -0.05) is 0 Å². The second-order valence-electron chi connectivity index (χ2n) is 5.10. The molecule has 3 rings (SSSR count). The second-order valence-corrected chi connectivity index (χ2v) is 5.10. The summed E-state index contributed by atoms with van der Waals surface area (Å²) in [7, 11) is 2.35. The van der Waals surface area contributed by atoms with Gasteiger partial charge in [-0.05, 0) is 18.2 Å². The fourth-order valence-corrected chi connectivity index (χ4v) is 3.16. The van der Waals surface area contributed by atoms with E-state index in [1.165, 1.54) is 13.1 Å². The van der Waals surface area contributed by atoms with Gasteiger partial charge in [-0.2, -0.15) is 0 Å². The van der Waals surface area contributed by atoms with Crippen LogP contribution in [0.25, 0.3) is 0 Å². The first-order chi connectivity index (χ1) is 10.4. The van der Waals surface area contributed by atoms with E-state index in [2.05, 4.69) is 4.74 Å². The van der Waals surface area contributed by atoms with Crippen LogP contribution in [-0.4, -0.2) is 42.7 Å². The molecule has 0 aromatic heterocycles. The number of ether oxygens (including phenoxy) is 1. The van der Waals surface area contributed by atoms with Crippen LogP contribution in [-0.2, 0) is 24.7 Å². The van der Waals surface area contributed by atoms with Crippen LogP contribution in [0.4, 0.5) is 4.39 Å². The van der Waals surface area contributed by atoms with Gasteiger partial charge >= 0.3 is 5.97 Å². The Balaban J connectivity index is 2.34. The molecule has 2 heterocycles. The van der Waals surface area contributed by atoms with Crippen LogP contribution >= 0.6 is 0 Å². The number of likely N-dealkylation sites (N-methyl/N-ethyl adjacent to an activating group) is 1. The summed E-state index contributed by atoms with van der Waals surface area (Å²) in [6, 6.07) is 3.29. The van der Waals surface area contributed by atoms with Crippen LogP contribution in [0.15, 0.2) is 18.2 Å². The van der Waals surface area contributed by atoms with E-state index in [1.807, 2.05) is 5.32 Å². The quantitative estimate of drug-likeness (QED) is 0.431. The summed E-state index contributed by atoms with van der Waals surface area (Å²) in [4.78, 5) is 49.8. The molecule has 1 saturated heterocycles. The molecule has 7 nitrogen and oxygen atoms in total. The molecule has 1 aromatic carbocycles. The van der Waals surface area contributed by atoms with E-state index in [0.717, 1.165) is 24.1 Å². The SMILES string of the molecule is COC(=O)C1C(=O)NC(=O)C12c1cc(F)ccc1C(=O)N2C. The maximum atomic E-state index is 13.6. The maximum Gasteiger partial charge on any atom is 0.321 e. The van der Waals surface area contributed by atoms with Gasteiger partial charge in [-0.25, -0.2) is 4.39 Å². The Morgan fingerprint density at radius 2 is 2.05 bits per heavy atom. The van der Waals surface area contributed by atoms with E-state index in [0.29, 0.717) is 0 Å². The molecule has 2 aliphatic rings. The molecule has 1 N–H and O–H groups in total. The third-order valence-electron chi connectivity index (χ3n) is 4.16. The Morgan fingerprint density at radius 1 is 1.36 bits per heavy atom. The number of amides is 3. The van der Waals surface area contributed by atoms with Gasteiger partial charge in [0.05, 0.1) is 7.11 Å². The summed E-state index contributed by atoms with van der Waals surface area (Å²) in [5.74, 6) is -5.55. The lowest BCUT2D eigenvalue weighted by Gasteiger charge is -2.32. The molecule has 1 aromatic rings. The van der Waals surface area contributed by atoms with Gasteiger partial charge in [0.2, 0.25) is 5.91 Å². The molecule has 2 atom stereocenters. The van der Waals surface area contributed by atoms with Gasteiger partial charge in [0.15, 0.2) is 11.5 Å². The van der Waals surface area contributed by atoms with Crippen molar-refractivity contribution in [2.75, 3.05) is 14.2 Å². The zero-order chi connectivity index (χ0) is 16.2. The molecule has 1 fully saturated rings. The van der Waals surface area contributed by atoms with Crippen molar-refractivity contribution in [2.45, 2.75) is 5.54 Å². The summed E-state index contributed by atoms with van der Waals surface area (Å²) in [5, 5.41) is 2.03. The number of imide groups is 1. The first-order valence-corrected chi connectivity index (χ1v) is 6.37. The van der Waals surface area contributed by atoms with E-state index in [-0.39, 0.29) is 11.1 Å². The molecule has 8 heteroatoms. The smallest absolute Gasteiger partial charge is 0.321 e. The molecule has 2 aliphatic heterocycles. The molecule has 114 valence electrons. The zero-order valence-corrected chi connectivity index (χ0v) is 11.7. The number of nitrogens with zero attached hydrogens (tertiary/aromatic N) is 1. The third kappa shape index (κ3) is 1.44. The highest BCUT2D eigenvalue weighted by atomic mass is 19.1. The number of fused-ring (bicyclic) bond motifs is 2. The number of rotatable bonds is 1. The number of hydrogen-bond donors (Lipinski definition) is 1. The Hall–Kier alpha value is -2.77. The number of nitrogens with one attached hydrogen (secondary N) is 1. The summed E-state index contributed by atoms with van der Waals surface area (Å²) in [5.41, 5.74) is -1.86. The minimum absolute atomic E-state index is 0.0150. The van der Waals surface area contributed by atoms with Gasteiger partial charge in [0.1, 0.15) is 5.82 Å². The Labute approximate surface area is 124 Å². The number of carbonyl (C=O) groups excluding carboxylic acids is 4. The number of hydrogen-bond acceptors (Lipinski definition) is 5. The average molecular weight is 306 g/mol. The number of benzene rings is 1. The van der Waals surface area contributed by atoms with E-state index >= 15 is 0 Å². The van der Waals surface area contributed by atoms with Crippen LogP contribution < -0.4 is 5.32 Å². The lowest BCUT2D eigenvalue weighted by molar-refractivity contribution is -0.154. The minimum atomic E-state index is -1.92. The molecule has 0 saturated carbocycles. The molecule has 0 aliphatic carbocycles.